The second-order valence-corrected chi connectivity index (χ2v) is 5.21. The number of nitrogens with zero attached hydrogens (tertiary/aromatic N) is 2. The molecule has 1 saturated carbocycles. The molecule has 0 amide bonds. The Morgan fingerprint density at radius 2 is 2.16 bits per heavy atom. The van der Waals surface area contributed by atoms with Crippen molar-refractivity contribution in [3.8, 4) is 0 Å². The van der Waals surface area contributed by atoms with E-state index in [0.717, 1.165) is 32.3 Å². The van der Waals surface area contributed by atoms with Gasteiger partial charge in [-0.05, 0) is 37.1 Å². The van der Waals surface area contributed by atoms with E-state index in [2.05, 4.69) is 34.3 Å². The molecule has 0 radical (unpaired) electrons. The third kappa shape index (κ3) is 4.90. The van der Waals surface area contributed by atoms with Gasteiger partial charge in [0, 0.05) is 44.7 Å². The number of hydrogen-bond donors (Lipinski definition) is 1. The van der Waals surface area contributed by atoms with Crippen LogP contribution in [0.4, 0.5) is 0 Å². The minimum absolute atomic E-state index is 0.434. The molecular formula is C15H25N3O. The molecule has 1 aliphatic carbocycles. The highest BCUT2D eigenvalue weighted by molar-refractivity contribution is 5.09. The van der Waals surface area contributed by atoms with Gasteiger partial charge in [-0.2, -0.15) is 0 Å². The van der Waals surface area contributed by atoms with Crippen molar-refractivity contribution in [1.29, 1.82) is 0 Å². The van der Waals surface area contributed by atoms with Crippen LogP contribution in [0.1, 0.15) is 25.3 Å². The van der Waals surface area contributed by atoms with Crippen LogP contribution in [0.2, 0.25) is 0 Å². The van der Waals surface area contributed by atoms with Crippen molar-refractivity contribution in [2.45, 2.75) is 38.4 Å². The maximum Gasteiger partial charge on any atom is 0.0630 e. The highest BCUT2D eigenvalue weighted by Gasteiger charge is 2.24. The minimum atomic E-state index is 0.434. The quantitative estimate of drug-likeness (QED) is 0.735. The van der Waals surface area contributed by atoms with Crippen LogP contribution >= 0.6 is 0 Å². The first-order valence-electron chi connectivity index (χ1n) is 7.18. The monoisotopic (exact) mass is 263 g/mol. The van der Waals surface area contributed by atoms with E-state index in [0.29, 0.717) is 6.04 Å². The molecule has 0 aliphatic heterocycles. The fraction of sp³-hybridized carbons (Fsp3) is 0.667. The molecule has 0 saturated heterocycles. The lowest BCUT2D eigenvalue weighted by Crippen LogP contribution is -2.45. The lowest BCUT2D eigenvalue weighted by Gasteiger charge is -2.30. The fourth-order valence-electron chi connectivity index (χ4n) is 2.30. The molecule has 0 aromatic carbocycles. The SMILES string of the molecule is CCN(Cc1ccncc1)C(CNC1CC1)COC. The number of likely N-dealkylation sites (N-methyl/N-ethyl adjacent to an activating group) is 1. The van der Waals surface area contributed by atoms with Gasteiger partial charge in [0.15, 0.2) is 0 Å². The summed E-state index contributed by atoms with van der Waals surface area (Å²) in [7, 11) is 1.78. The minimum Gasteiger partial charge on any atom is -0.383 e. The first-order valence-corrected chi connectivity index (χ1v) is 7.18. The normalized spacial score (nSPS) is 16.8. The Morgan fingerprint density at radius 1 is 1.42 bits per heavy atom. The van der Waals surface area contributed by atoms with Crippen molar-refractivity contribution in [2.24, 2.45) is 0 Å². The average molecular weight is 263 g/mol. The van der Waals surface area contributed by atoms with Crippen molar-refractivity contribution in [3.05, 3.63) is 30.1 Å². The van der Waals surface area contributed by atoms with E-state index in [4.69, 9.17) is 4.74 Å². The molecule has 1 aromatic heterocycles. The van der Waals surface area contributed by atoms with Crippen LogP contribution in [0.25, 0.3) is 0 Å². The number of rotatable bonds is 9. The molecular weight excluding hydrogens is 238 g/mol. The maximum absolute atomic E-state index is 5.38. The van der Waals surface area contributed by atoms with Gasteiger partial charge in [-0.3, -0.25) is 9.88 Å². The van der Waals surface area contributed by atoms with Gasteiger partial charge in [0.2, 0.25) is 0 Å². The highest BCUT2D eigenvalue weighted by Crippen LogP contribution is 2.19. The molecule has 2 rings (SSSR count). The number of ether oxygens (including phenoxy) is 1. The molecule has 4 nitrogen and oxygen atoms in total. The van der Waals surface area contributed by atoms with Gasteiger partial charge in [0.05, 0.1) is 6.61 Å². The predicted octanol–water partition coefficient (Wildman–Crippen LogP) is 1.67. The zero-order valence-electron chi connectivity index (χ0n) is 12.0. The van der Waals surface area contributed by atoms with E-state index in [9.17, 15) is 0 Å². The number of methoxy groups -OCH3 is 1. The molecule has 1 unspecified atom stereocenters. The Morgan fingerprint density at radius 3 is 2.74 bits per heavy atom. The van der Waals surface area contributed by atoms with Crippen molar-refractivity contribution in [1.82, 2.24) is 15.2 Å². The summed E-state index contributed by atoms with van der Waals surface area (Å²) in [5.41, 5.74) is 1.31. The van der Waals surface area contributed by atoms with Gasteiger partial charge in [0.25, 0.3) is 0 Å². The maximum atomic E-state index is 5.38. The molecule has 1 atom stereocenters. The molecule has 1 fully saturated rings. The smallest absolute Gasteiger partial charge is 0.0630 e. The van der Waals surface area contributed by atoms with Gasteiger partial charge in [-0.25, -0.2) is 0 Å². The van der Waals surface area contributed by atoms with Gasteiger partial charge in [-0.15, -0.1) is 0 Å². The first-order chi connectivity index (χ1) is 9.33. The lowest BCUT2D eigenvalue weighted by molar-refractivity contribution is 0.0875. The summed E-state index contributed by atoms with van der Waals surface area (Å²) < 4.78 is 5.38. The summed E-state index contributed by atoms with van der Waals surface area (Å²) in [6.45, 7) is 5.99. The summed E-state index contributed by atoms with van der Waals surface area (Å²) in [6, 6.07) is 5.35. The molecule has 4 heteroatoms. The molecule has 1 N–H and O–H groups in total. The van der Waals surface area contributed by atoms with Crippen molar-refractivity contribution < 1.29 is 4.74 Å². The van der Waals surface area contributed by atoms with Gasteiger partial charge < -0.3 is 10.1 Å². The summed E-state index contributed by atoms with van der Waals surface area (Å²) in [4.78, 5) is 6.54. The van der Waals surface area contributed by atoms with Crippen LogP contribution in [0.15, 0.2) is 24.5 Å². The molecule has 0 spiro atoms. The van der Waals surface area contributed by atoms with E-state index in [-0.39, 0.29) is 0 Å². The Bertz CT molecular complexity index is 354. The van der Waals surface area contributed by atoms with Gasteiger partial charge in [-0.1, -0.05) is 6.92 Å². The Balaban J connectivity index is 1.90. The van der Waals surface area contributed by atoms with E-state index in [1.54, 1.807) is 7.11 Å². The fourth-order valence-corrected chi connectivity index (χ4v) is 2.30. The molecule has 1 heterocycles. The largest absolute Gasteiger partial charge is 0.383 e. The van der Waals surface area contributed by atoms with Crippen LogP contribution in [-0.2, 0) is 11.3 Å². The predicted molar refractivity (Wildman–Crippen MR) is 77.0 cm³/mol. The number of pyridine rings is 1. The average Bonchev–Trinajstić information content (AvgIpc) is 3.26. The van der Waals surface area contributed by atoms with Crippen LogP contribution in [0.3, 0.4) is 0 Å². The molecule has 0 bridgehead atoms. The Kier molecular flexibility index (Phi) is 5.76. The van der Waals surface area contributed by atoms with Crippen molar-refractivity contribution in [3.63, 3.8) is 0 Å². The highest BCUT2D eigenvalue weighted by atomic mass is 16.5. The first kappa shape index (κ1) is 14.4. The number of aromatic nitrogens is 1. The lowest BCUT2D eigenvalue weighted by atomic mass is 10.2. The standard InChI is InChI=1S/C15H25N3O/c1-3-18(11-13-6-8-16-9-7-13)15(12-19-2)10-17-14-4-5-14/h6-9,14-15,17H,3-5,10-12H2,1-2H3. The van der Waals surface area contributed by atoms with Crippen molar-refractivity contribution in [2.75, 3.05) is 26.8 Å². The summed E-state index contributed by atoms with van der Waals surface area (Å²) in [5.74, 6) is 0. The summed E-state index contributed by atoms with van der Waals surface area (Å²) in [5, 5.41) is 3.61. The molecule has 19 heavy (non-hydrogen) atoms. The molecule has 1 aromatic rings. The third-order valence-electron chi connectivity index (χ3n) is 3.64. The topological polar surface area (TPSA) is 37.4 Å². The van der Waals surface area contributed by atoms with E-state index in [1.807, 2.05) is 12.4 Å². The van der Waals surface area contributed by atoms with Gasteiger partial charge in [0.1, 0.15) is 0 Å². The van der Waals surface area contributed by atoms with Crippen LogP contribution in [0.5, 0.6) is 0 Å². The van der Waals surface area contributed by atoms with Crippen LogP contribution in [0, 0.1) is 0 Å². The van der Waals surface area contributed by atoms with E-state index in [1.165, 1.54) is 18.4 Å². The number of nitrogens with one attached hydrogen (secondary N) is 1. The second-order valence-electron chi connectivity index (χ2n) is 5.21. The second kappa shape index (κ2) is 7.58. The van der Waals surface area contributed by atoms with Crippen LogP contribution in [-0.4, -0.2) is 48.8 Å². The van der Waals surface area contributed by atoms with Gasteiger partial charge >= 0.3 is 0 Å². The van der Waals surface area contributed by atoms with E-state index >= 15 is 0 Å². The Labute approximate surface area is 116 Å². The van der Waals surface area contributed by atoms with E-state index < -0.39 is 0 Å². The number of hydrogen-bond acceptors (Lipinski definition) is 4. The summed E-state index contributed by atoms with van der Waals surface area (Å²) >= 11 is 0. The third-order valence-corrected chi connectivity index (χ3v) is 3.64. The zero-order chi connectivity index (χ0) is 13.5. The Hall–Kier alpha value is -0.970. The molecule has 1 aliphatic rings. The zero-order valence-corrected chi connectivity index (χ0v) is 12.0. The molecule has 106 valence electrons. The van der Waals surface area contributed by atoms with Crippen molar-refractivity contribution >= 4 is 0 Å². The summed E-state index contributed by atoms with van der Waals surface area (Å²) in [6.07, 6.45) is 6.38. The van der Waals surface area contributed by atoms with Crippen LogP contribution < -0.4 is 5.32 Å².